The molecule has 1 aromatic carbocycles. The molecule has 11 nitrogen and oxygen atoms in total. The molecule has 0 bridgehead atoms. The fourth-order valence-electron chi connectivity index (χ4n) is 3.46. The highest BCUT2D eigenvalue weighted by Gasteiger charge is 2.34. The van der Waals surface area contributed by atoms with Crippen LogP contribution in [-0.4, -0.2) is 48.2 Å². The maximum absolute atomic E-state index is 12.7. The molecule has 1 aliphatic rings. The molecule has 0 unspecified atom stereocenters. The van der Waals surface area contributed by atoms with Crippen molar-refractivity contribution in [2.75, 3.05) is 6.54 Å². The number of hydrogen-bond donors (Lipinski definition) is 1. The number of nitro benzene ring substituents is 1. The molecule has 1 fully saturated rings. The smallest absolute Gasteiger partial charge is 0.293 e. The van der Waals surface area contributed by atoms with Gasteiger partial charge in [0.25, 0.3) is 16.8 Å². The fourth-order valence-corrected chi connectivity index (χ4v) is 4.31. The number of nitrogens with one attached hydrogen (secondary N) is 1. The maximum Gasteiger partial charge on any atom is 0.293 e. The van der Waals surface area contributed by atoms with Crippen LogP contribution in [0.2, 0.25) is 0 Å². The number of benzene rings is 1. The second-order valence-corrected chi connectivity index (χ2v) is 8.88. The average molecular weight is 507 g/mol. The lowest BCUT2D eigenvalue weighted by Crippen LogP contribution is -2.29. The predicted molar refractivity (Wildman–Crippen MR) is 133 cm³/mol. The van der Waals surface area contributed by atoms with E-state index in [4.69, 9.17) is 0 Å². The van der Waals surface area contributed by atoms with Crippen molar-refractivity contribution in [1.29, 1.82) is 0 Å². The van der Waals surface area contributed by atoms with Gasteiger partial charge in [0.2, 0.25) is 5.91 Å². The van der Waals surface area contributed by atoms with Crippen molar-refractivity contribution in [2.45, 2.75) is 25.8 Å². The summed E-state index contributed by atoms with van der Waals surface area (Å²) in [7, 11) is 0. The van der Waals surface area contributed by atoms with Crippen LogP contribution in [0.4, 0.5) is 10.5 Å². The molecule has 36 heavy (non-hydrogen) atoms. The number of carbonyl (C=O) groups is 3. The Bertz CT molecular complexity index is 1310. The Morgan fingerprint density at radius 2 is 1.94 bits per heavy atom. The Morgan fingerprint density at radius 1 is 1.14 bits per heavy atom. The van der Waals surface area contributed by atoms with Gasteiger partial charge in [0.15, 0.2) is 0 Å². The lowest BCUT2D eigenvalue weighted by molar-refractivity contribution is -0.384. The van der Waals surface area contributed by atoms with Gasteiger partial charge in [0.1, 0.15) is 0 Å². The zero-order valence-corrected chi connectivity index (χ0v) is 19.9. The standard InChI is InChI=1S/C24H22N6O5S/c31-22(26-16-17-4-3-11-25-15-17)5-1-2-12-28-23(32)21(36-24(28)33)14-18-10-13-29(27-18)19-6-8-20(9-7-19)30(34)35/h3-4,6-11,13-15H,1-2,5,12,16H2,(H,26,31)/b21-14-. The minimum Gasteiger partial charge on any atom is -0.352 e. The molecule has 0 radical (unpaired) electrons. The van der Waals surface area contributed by atoms with Crippen molar-refractivity contribution < 1.29 is 19.3 Å². The van der Waals surface area contributed by atoms with Crippen LogP contribution in [0, 0.1) is 10.1 Å². The van der Waals surface area contributed by atoms with Crippen LogP contribution in [0.1, 0.15) is 30.5 Å². The van der Waals surface area contributed by atoms with E-state index >= 15 is 0 Å². The van der Waals surface area contributed by atoms with E-state index in [2.05, 4.69) is 15.4 Å². The highest BCUT2D eigenvalue weighted by Crippen LogP contribution is 2.32. The van der Waals surface area contributed by atoms with Gasteiger partial charge in [-0.1, -0.05) is 6.07 Å². The fraction of sp³-hybridized carbons (Fsp3) is 0.208. The van der Waals surface area contributed by atoms with Crippen LogP contribution >= 0.6 is 11.8 Å². The quantitative estimate of drug-likeness (QED) is 0.190. The van der Waals surface area contributed by atoms with E-state index in [0.717, 1.165) is 17.3 Å². The minimum absolute atomic E-state index is 0.0230. The molecule has 1 N–H and O–H groups in total. The first-order valence-electron chi connectivity index (χ1n) is 11.1. The van der Waals surface area contributed by atoms with Crippen LogP contribution in [0.3, 0.4) is 0 Å². The molecule has 3 heterocycles. The summed E-state index contributed by atoms with van der Waals surface area (Å²) in [6.45, 7) is 0.635. The summed E-state index contributed by atoms with van der Waals surface area (Å²) >= 11 is 0.846. The van der Waals surface area contributed by atoms with Gasteiger partial charge in [-0.3, -0.25) is 34.4 Å². The SMILES string of the molecule is O=C(CCCCN1C(=O)S/C(=C\c2ccn(-c3ccc([N+](=O)[O-])cc3)n2)C1=O)NCc1cccnc1. The van der Waals surface area contributed by atoms with Gasteiger partial charge in [-0.15, -0.1) is 0 Å². The molecule has 0 saturated carbocycles. The first-order chi connectivity index (χ1) is 17.4. The number of nitrogens with zero attached hydrogens (tertiary/aromatic N) is 5. The molecule has 0 atom stereocenters. The maximum atomic E-state index is 12.7. The summed E-state index contributed by atoms with van der Waals surface area (Å²) in [5.41, 5.74) is 1.99. The number of nitro groups is 1. The second-order valence-electron chi connectivity index (χ2n) is 7.89. The molecule has 1 aliphatic heterocycles. The van der Waals surface area contributed by atoms with Crippen LogP contribution in [0.5, 0.6) is 0 Å². The van der Waals surface area contributed by atoms with Crippen molar-refractivity contribution in [3.63, 3.8) is 0 Å². The molecular formula is C24H22N6O5S. The van der Waals surface area contributed by atoms with Gasteiger partial charge in [-0.25, -0.2) is 4.68 Å². The molecular weight excluding hydrogens is 484 g/mol. The van der Waals surface area contributed by atoms with Gasteiger partial charge in [0, 0.05) is 50.2 Å². The van der Waals surface area contributed by atoms with Gasteiger partial charge >= 0.3 is 0 Å². The number of aromatic nitrogens is 3. The molecule has 1 saturated heterocycles. The lowest BCUT2D eigenvalue weighted by Gasteiger charge is -2.12. The number of pyridine rings is 1. The molecule has 4 rings (SSSR count). The molecule has 3 amide bonds. The number of rotatable bonds is 10. The third kappa shape index (κ3) is 6.21. The van der Waals surface area contributed by atoms with E-state index in [-0.39, 0.29) is 28.3 Å². The Hall–Kier alpha value is -4.32. The predicted octanol–water partition coefficient (Wildman–Crippen LogP) is 3.70. The first-order valence-corrected chi connectivity index (χ1v) is 11.9. The normalized spacial score (nSPS) is 14.4. The van der Waals surface area contributed by atoms with Crippen molar-refractivity contribution in [2.24, 2.45) is 0 Å². The molecule has 3 aromatic rings. The van der Waals surface area contributed by atoms with Gasteiger partial charge in [-0.2, -0.15) is 5.10 Å². The molecule has 0 aliphatic carbocycles. The number of unbranched alkanes of at least 4 members (excludes halogenated alkanes) is 1. The van der Waals surface area contributed by atoms with Gasteiger partial charge in [0.05, 0.1) is 21.2 Å². The summed E-state index contributed by atoms with van der Waals surface area (Å²) in [5.74, 6) is -0.493. The first kappa shape index (κ1) is 24.8. The number of hydrogen-bond acceptors (Lipinski definition) is 8. The summed E-state index contributed by atoms with van der Waals surface area (Å²) < 4.78 is 1.53. The monoisotopic (exact) mass is 506 g/mol. The molecule has 2 aromatic heterocycles. The Balaban J connectivity index is 1.26. The minimum atomic E-state index is -0.479. The largest absolute Gasteiger partial charge is 0.352 e. The summed E-state index contributed by atoms with van der Waals surface area (Å²) in [5, 5.41) is 17.6. The van der Waals surface area contributed by atoms with Gasteiger partial charge < -0.3 is 5.32 Å². The van der Waals surface area contributed by atoms with Gasteiger partial charge in [-0.05, 0) is 60.5 Å². The van der Waals surface area contributed by atoms with Crippen molar-refractivity contribution in [3.05, 3.63) is 87.3 Å². The Kier molecular flexibility index (Phi) is 7.85. The van der Waals surface area contributed by atoms with E-state index in [1.165, 1.54) is 21.7 Å². The topological polar surface area (TPSA) is 140 Å². The van der Waals surface area contributed by atoms with Crippen LogP contribution in [-0.2, 0) is 16.1 Å². The van der Waals surface area contributed by atoms with E-state index in [0.29, 0.717) is 37.2 Å². The zero-order chi connectivity index (χ0) is 25.5. The van der Waals surface area contributed by atoms with Crippen molar-refractivity contribution in [3.8, 4) is 5.69 Å². The van der Waals surface area contributed by atoms with Crippen molar-refractivity contribution >= 4 is 40.6 Å². The summed E-state index contributed by atoms with van der Waals surface area (Å²) in [6, 6.07) is 11.3. The number of non-ortho nitro benzene ring substituents is 1. The summed E-state index contributed by atoms with van der Waals surface area (Å²) in [4.78, 5) is 52.9. The third-order valence-corrected chi connectivity index (χ3v) is 6.24. The van der Waals surface area contributed by atoms with E-state index in [1.807, 2.05) is 6.07 Å². The number of amides is 3. The summed E-state index contributed by atoms with van der Waals surface area (Å²) in [6.07, 6.45) is 7.91. The molecule has 184 valence electrons. The average Bonchev–Trinajstić information content (AvgIpc) is 3.45. The highest BCUT2D eigenvalue weighted by atomic mass is 32.2. The van der Waals surface area contributed by atoms with Crippen LogP contribution < -0.4 is 5.32 Å². The highest BCUT2D eigenvalue weighted by molar-refractivity contribution is 8.18. The zero-order valence-electron chi connectivity index (χ0n) is 19.1. The number of carbonyl (C=O) groups excluding carboxylic acids is 3. The van der Waals surface area contributed by atoms with E-state index < -0.39 is 10.8 Å². The molecule has 12 heteroatoms. The third-order valence-electron chi connectivity index (χ3n) is 5.34. The Labute approximate surface area is 210 Å². The number of thioether (sulfide) groups is 1. The number of imide groups is 1. The Morgan fingerprint density at radius 3 is 2.67 bits per heavy atom. The van der Waals surface area contributed by atoms with Crippen LogP contribution in [0.15, 0.2) is 66.0 Å². The van der Waals surface area contributed by atoms with Crippen LogP contribution in [0.25, 0.3) is 11.8 Å². The van der Waals surface area contributed by atoms with Crippen molar-refractivity contribution in [1.82, 2.24) is 25.0 Å². The van der Waals surface area contributed by atoms with E-state index in [1.54, 1.807) is 48.9 Å². The lowest BCUT2D eigenvalue weighted by atomic mass is 10.2. The van der Waals surface area contributed by atoms with E-state index in [9.17, 15) is 24.5 Å². The second kappa shape index (κ2) is 11.4. The molecule has 0 spiro atoms.